The van der Waals surface area contributed by atoms with Crippen LogP contribution in [0.2, 0.25) is 0 Å². The van der Waals surface area contributed by atoms with E-state index in [0.29, 0.717) is 5.82 Å². The van der Waals surface area contributed by atoms with Gasteiger partial charge in [0.15, 0.2) is 5.82 Å². The molecule has 0 amide bonds. The van der Waals surface area contributed by atoms with Gasteiger partial charge >= 0.3 is 0 Å². The van der Waals surface area contributed by atoms with Crippen LogP contribution in [0, 0.1) is 0 Å². The first kappa shape index (κ1) is 11.1. The largest absolute Gasteiger partial charge is 0.382 e. The highest BCUT2D eigenvalue weighted by Gasteiger charge is 2.04. The molecule has 1 atom stereocenters. The average Bonchev–Trinajstić information content (AvgIpc) is 2.61. The van der Waals surface area contributed by atoms with Gasteiger partial charge in [-0.3, -0.25) is 4.68 Å². The summed E-state index contributed by atoms with van der Waals surface area (Å²) in [5.74, 6) is 0.696. The lowest BCUT2D eigenvalue weighted by Gasteiger charge is -2.01. The van der Waals surface area contributed by atoms with E-state index in [2.05, 4.69) is 10.1 Å². The number of nitrogens with zero attached hydrogens (tertiary/aromatic N) is 3. The summed E-state index contributed by atoms with van der Waals surface area (Å²) in [6, 6.07) is -0.0943. The first-order valence-corrected chi connectivity index (χ1v) is 4.96. The van der Waals surface area contributed by atoms with E-state index in [4.69, 9.17) is 10.5 Å². The fourth-order valence-corrected chi connectivity index (χ4v) is 1.10. The summed E-state index contributed by atoms with van der Waals surface area (Å²) < 4.78 is 7.03. The predicted octanol–water partition coefficient (Wildman–Crippen LogP) is 0.724. The van der Waals surface area contributed by atoms with Gasteiger partial charge in [0, 0.05) is 19.8 Å². The highest BCUT2D eigenvalue weighted by molar-refractivity contribution is 4.87. The van der Waals surface area contributed by atoms with Crippen molar-refractivity contribution in [1.29, 1.82) is 0 Å². The van der Waals surface area contributed by atoms with Gasteiger partial charge in [-0.15, -0.1) is 0 Å². The summed E-state index contributed by atoms with van der Waals surface area (Å²) >= 11 is 0. The SMILES string of the molecule is CCOCCCn1cnc(C(C)N)n1. The first-order valence-electron chi connectivity index (χ1n) is 4.96. The topological polar surface area (TPSA) is 66.0 Å². The van der Waals surface area contributed by atoms with E-state index in [9.17, 15) is 0 Å². The van der Waals surface area contributed by atoms with E-state index in [-0.39, 0.29) is 6.04 Å². The molecular weight excluding hydrogens is 180 g/mol. The quantitative estimate of drug-likeness (QED) is 0.684. The van der Waals surface area contributed by atoms with Gasteiger partial charge in [-0.25, -0.2) is 4.98 Å². The van der Waals surface area contributed by atoms with Crippen molar-refractivity contribution in [3.05, 3.63) is 12.2 Å². The highest BCUT2D eigenvalue weighted by Crippen LogP contribution is 2.01. The Morgan fingerprint density at radius 3 is 3.00 bits per heavy atom. The summed E-state index contributed by atoms with van der Waals surface area (Å²) in [4.78, 5) is 4.10. The zero-order valence-corrected chi connectivity index (χ0v) is 8.81. The van der Waals surface area contributed by atoms with Crippen LogP contribution in [0.3, 0.4) is 0 Å². The Labute approximate surface area is 84.3 Å². The lowest BCUT2D eigenvalue weighted by molar-refractivity contribution is 0.140. The normalized spacial score (nSPS) is 13.1. The van der Waals surface area contributed by atoms with Gasteiger partial charge < -0.3 is 10.5 Å². The number of ether oxygens (including phenoxy) is 1. The fraction of sp³-hybridized carbons (Fsp3) is 0.778. The Morgan fingerprint density at radius 1 is 1.64 bits per heavy atom. The van der Waals surface area contributed by atoms with Crippen LogP contribution in [0.25, 0.3) is 0 Å². The molecule has 0 spiro atoms. The standard InChI is InChI=1S/C9H18N4O/c1-3-14-6-4-5-13-7-11-9(12-13)8(2)10/h7-8H,3-6,10H2,1-2H3. The zero-order valence-electron chi connectivity index (χ0n) is 8.81. The van der Waals surface area contributed by atoms with Crippen LogP contribution in [0.1, 0.15) is 32.1 Å². The lowest BCUT2D eigenvalue weighted by Crippen LogP contribution is -2.09. The summed E-state index contributed by atoms with van der Waals surface area (Å²) in [6.07, 6.45) is 2.67. The fourth-order valence-electron chi connectivity index (χ4n) is 1.10. The Morgan fingerprint density at radius 2 is 2.43 bits per heavy atom. The van der Waals surface area contributed by atoms with Crippen molar-refractivity contribution in [2.75, 3.05) is 13.2 Å². The van der Waals surface area contributed by atoms with Crippen LogP contribution in [0.4, 0.5) is 0 Å². The third-order valence-electron chi connectivity index (χ3n) is 1.84. The van der Waals surface area contributed by atoms with Crippen LogP contribution < -0.4 is 5.73 Å². The molecule has 1 aromatic rings. The van der Waals surface area contributed by atoms with Crippen molar-refractivity contribution in [1.82, 2.24) is 14.8 Å². The van der Waals surface area contributed by atoms with Gasteiger partial charge in [-0.2, -0.15) is 5.10 Å². The first-order chi connectivity index (χ1) is 6.74. The minimum absolute atomic E-state index is 0.0943. The smallest absolute Gasteiger partial charge is 0.166 e. The third-order valence-corrected chi connectivity index (χ3v) is 1.84. The monoisotopic (exact) mass is 198 g/mol. The Balaban J connectivity index is 2.29. The molecule has 0 aliphatic carbocycles. The highest BCUT2D eigenvalue weighted by atomic mass is 16.5. The van der Waals surface area contributed by atoms with E-state index in [0.717, 1.165) is 26.2 Å². The molecule has 14 heavy (non-hydrogen) atoms. The maximum absolute atomic E-state index is 5.64. The Hall–Kier alpha value is -0.940. The van der Waals surface area contributed by atoms with Gasteiger partial charge in [-0.05, 0) is 20.3 Å². The minimum atomic E-state index is -0.0943. The molecule has 5 nitrogen and oxygen atoms in total. The molecular formula is C9H18N4O. The van der Waals surface area contributed by atoms with Gasteiger partial charge in [-0.1, -0.05) is 0 Å². The summed E-state index contributed by atoms with van der Waals surface area (Å²) in [7, 11) is 0. The molecule has 0 aliphatic rings. The molecule has 0 saturated carbocycles. The number of aryl methyl sites for hydroxylation is 1. The van der Waals surface area contributed by atoms with Gasteiger partial charge in [0.05, 0.1) is 6.04 Å². The van der Waals surface area contributed by atoms with Crippen molar-refractivity contribution in [3.8, 4) is 0 Å². The number of hydrogen-bond donors (Lipinski definition) is 1. The Bertz CT molecular complexity index is 259. The van der Waals surface area contributed by atoms with E-state index in [1.807, 2.05) is 13.8 Å². The molecule has 0 saturated heterocycles. The molecule has 0 bridgehead atoms. The predicted molar refractivity (Wildman–Crippen MR) is 53.7 cm³/mol. The molecule has 1 rings (SSSR count). The van der Waals surface area contributed by atoms with Crippen LogP contribution in [0.15, 0.2) is 6.33 Å². The second-order valence-corrected chi connectivity index (χ2v) is 3.20. The molecule has 1 unspecified atom stereocenters. The molecule has 0 fully saturated rings. The van der Waals surface area contributed by atoms with Crippen LogP contribution in [-0.2, 0) is 11.3 Å². The van der Waals surface area contributed by atoms with Gasteiger partial charge in [0.2, 0.25) is 0 Å². The van der Waals surface area contributed by atoms with E-state index in [1.165, 1.54) is 0 Å². The molecule has 5 heteroatoms. The third kappa shape index (κ3) is 3.43. The van der Waals surface area contributed by atoms with E-state index < -0.39 is 0 Å². The van der Waals surface area contributed by atoms with Crippen molar-refractivity contribution < 1.29 is 4.74 Å². The van der Waals surface area contributed by atoms with Crippen LogP contribution in [0.5, 0.6) is 0 Å². The molecule has 80 valence electrons. The van der Waals surface area contributed by atoms with Crippen molar-refractivity contribution in [2.24, 2.45) is 5.73 Å². The second kappa shape index (κ2) is 5.72. The molecule has 0 aromatic carbocycles. The summed E-state index contributed by atoms with van der Waals surface area (Å²) in [5.41, 5.74) is 5.64. The number of hydrogen-bond acceptors (Lipinski definition) is 4. The van der Waals surface area contributed by atoms with E-state index in [1.54, 1.807) is 11.0 Å². The average molecular weight is 198 g/mol. The van der Waals surface area contributed by atoms with Crippen LogP contribution in [-0.4, -0.2) is 28.0 Å². The number of aromatic nitrogens is 3. The maximum Gasteiger partial charge on any atom is 0.166 e. The maximum atomic E-state index is 5.64. The lowest BCUT2D eigenvalue weighted by atomic mass is 10.3. The molecule has 2 N–H and O–H groups in total. The molecule has 0 radical (unpaired) electrons. The van der Waals surface area contributed by atoms with Crippen molar-refractivity contribution >= 4 is 0 Å². The summed E-state index contributed by atoms with van der Waals surface area (Å²) in [6.45, 7) is 6.23. The van der Waals surface area contributed by atoms with E-state index >= 15 is 0 Å². The summed E-state index contributed by atoms with van der Waals surface area (Å²) in [5, 5.41) is 4.23. The number of rotatable bonds is 6. The minimum Gasteiger partial charge on any atom is -0.382 e. The number of nitrogens with two attached hydrogens (primary N) is 1. The second-order valence-electron chi connectivity index (χ2n) is 3.20. The molecule has 1 aromatic heterocycles. The zero-order chi connectivity index (χ0) is 10.4. The molecule has 1 heterocycles. The molecule has 0 aliphatic heterocycles. The van der Waals surface area contributed by atoms with Gasteiger partial charge in [0.25, 0.3) is 0 Å². The van der Waals surface area contributed by atoms with Crippen molar-refractivity contribution in [2.45, 2.75) is 32.9 Å². The van der Waals surface area contributed by atoms with Gasteiger partial charge in [0.1, 0.15) is 6.33 Å². The Kier molecular flexibility index (Phi) is 4.55. The van der Waals surface area contributed by atoms with Crippen LogP contribution >= 0.6 is 0 Å². The van der Waals surface area contributed by atoms with Crippen molar-refractivity contribution in [3.63, 3.8) is 0 Å².